The molecular formula is C82H148N20O22. The van der Waals surface area contributed by atoms with Crippen LogP contribution in [0.2, 0.25) is 0 Å². The van der Waals surface area contributed by atoms with E-state index < -0.39 is 0 Å². The van der Waals surface area contributed by atoms with Crippen LogP contribution in [0.3, 0.4) is 0 Å². The van der Waals surface area contributed by atoms with Gasteiger partial charge in [0.25, 0.3) is 0 Å². The highest BCUT2D eigenvalue weighted by Gasteiger charge is 2.33. The first-order chi connectivity index (χ1) is 58.5. The molecule has 13 aliphatic rings. The number of Topliss-reactive ketones (excluding diaryl/α,β-unsaturated/α-hetero) is 1. The van der Waals surface area contributed by atoms with E-state index in [4.69, 9.17) is 59.7 Å². The van der Waals surface area contributed by atoms with Crippen molar-refractivity contribution in [2.45, 2.75) is 232 Å². The van der Waals surface area contributed by atoms with Gasteiger partial charge in [0.15, 0.2) is 6.19 Å². The molecule has 0 bridgehead atoms. The first kappa shape index (κ1) is 111. The number of hydrogen-bond acceptors (Lipinski definition) is 28. The van der Waals surface area contributed by atoms with Crippen molar-refractivity contribution in [2.24, 2.45) is 10.7 Å². The lowest BCUT2D eigenvalue weighted by Crippen LogP contribution is -2.32. The molecule has 0 spiro atoms. The van der Waals surface area contributed by atoms with Gasteiger partial charge in [-0.15, -0.1) is 0 Å². The van der Waals surface area contributed by atoms with Crippen LogP contribution in [-0.2, 0) is 57.0 Å². The van der Waals surface area contributed by atoms with Crippen molar-refractivity contribution in [1.29, 1.82) is 16.1 Å². The molecule has 0 aliphatic carbocycles. The third kappa shape index (κ3) is 47.2. The second-order valence-electron chi connectivity index (χ2n) is 31.8. The van der Waals surface area contributed by atoms with Crippen LogP contribution in [0.25, 0.3) is 0 Å². The third-order valence-electron chi connectivity index (χ3n) is 20.3. The summed E-state index contributed by atoms with van der Waals surface area (Å²) in [4.78, 5) is 165. The van der Waals surface area contributed by atoms with Crippen molar-refractivity contribution in [3.05, 3.63) is 0 Å². The second kappa shape index (κ2) is 61.5. The summed E-state index contributed by atoms with van der Waals surface area (Å²) in [5.74, 6) is 1.69. The number of nitriles is 1. The number of ketones is 1. The van der Waals surface area contributed by atoms with Crippen LogP contribution in [-0.4, -0.2) is 405 Å². The van der Waals surface area contributed by atoms with Gasteiger partial charge < -0.3 is 123 Å². The number of ether oxygens (including phenoxy) is 9. The van der Waals surface area contributed by atoms with Crippen molar-refractivity contribution in [2.75, 3.05) is 196 Å². The Morgan fingerprint density at radius 3 is 1.03 bits per heavy atom. The molecule has 708 valence electrons. The van der Waals surface area contributed by atoms with E-state index in [1.165, 1.54) is 30.6 Å². The molecule has 0 aromatic rings. The largest absolute Gasteiger partial charge is 0.448 e. The van der Waals surface area contributed by atoms with E-state index in [1.54, 1.807) is 131 Å². The van der Waals surface area contributed by atoms with Gasteiger partial charge in [-0.25, -0.2) is 47.9 Å². The molecule has 13 rings (SSSR count). The quantitative estimate of drug-likeness (QED) is 0.0202. The second-order valence-corrected chi connectivity index (χ2v) is 31.8. The Balaban J connectivity index is 0.000000675. The Morgan fingerprint density at radius 2 is 0.806 bits per heavy atom. The number of likely N-dealkylation sites (N-methyl/N-ethyl adjacent to an activating group) is 11. The minimum atomic E-state index is -0.288. The van der Waals surface area contributed by atoms with Crippen molar-refractivity contribution in [3.8, 4) is 6.19 Å². The fraction of sp³-hybridized carbons (Fsp3) is 0.793. The molecule has 6 N–H and O–H groups in total. The van der Waals surface area contributed by atoms with Gasteiger partial charge in [0.2, 0.25) is 17.8 Å². The molecule has 0 unspecified atom stereocenters. The number of nitrogens with one attached hydrogen (secondary N) is 4. The Morgan fingerprint density at radius 1 is 0.427 bits per heavy atom. The number of guanidine groups is 1. The molecule has 0 saturated carbocycles. The Bertz CT molecular complexity index is 3230. The number of aliphatic imine (C=N–C) groups is 1. The highest BCUT2D eigenvalue weighted by atomic mass is 16.6. The zero-order valence-corrected chi connectivity index (χ0v) is 77.5. The molecule has 124 heavy (non-hydrogen) atoms. The standard InChI is InChI=1S/C11H19NO3.C9H17NO2.C8H14N2O2.C7H13N3O2.3C6H11NO2.C6H11NO.C5H8N4.C5H9NO2.C5H9NO.C4H8N2O.C4H7NO2/c1-3-4-5-9(13)6-7-10-8-12(2)11(14)15-10;1-3-4-5-6-8-7-10(2)9(11)12-8;1-6(9)3-4-7-5-10(2)8(11)12-7;1-10-4-5(12-7(10)11)2-3-6(8)9;3*1-3-5-4-7(2)6(8)9-5;1-7-5-3-2-4-6(7)8;1-9-3-2-7-5(9)8-4-6;1-4-3-6(2)5(7)8-4;1-6-4-2-3-5(6)7;1-6-3-2-5-4(6)7;1-5-2-3-7-4(5)6/h10H,3-8H2,1-2H3;8H,3-7H2,1-2H3;7,9H,3-5H2,1-2H3;5H,2-4H2,1H3,(H3,8,9);3*5H,3-4H2,1-2H3;2-5H2,1H3;2-3H2,1H3,(H,7,8);4H,3H2,1-2H3;2-4H2,1H3;2-3H2,1H3,(H,5,7);2-3H2,1H3/t10-;8-;7-;4*5-;;;4-;;;/m1110110..1.../s1. The topological polar surface area (TPSA) is 481 Å². The van der Waals surface area contributed by atoms with Crippen molar-refractivity contribution in [1.82, 2.24) is 74.3 Å². The summed E-state index contributed by atoms with van der Waals surface area (Å²) in [6.45, 7) is 26.1. The molecule has 8 atom stereocenters. The van der Waals surface area contributed by atoms with E-state index >= 15 is 0 Å². The van der Waals surface area contributed by atoms with Gasteiger partial charge in [0.05, 0.1) is 71.3 Å². The Labute approximate surface area is 733 Å². The Hall–Kier alpha value is -10.8. The molecule has 13 aliphatic heterocycles. The molecule has 0 aromatic heterocycles. The van der Waals surface area contributed by atoms with Crippen molar-refractivity contribution < 1.29 is 105 Å². The van der Waals surface area contributed by atoms with E-state index in [0.717, 1.165) is 149 Å². The highest BCUT2D eigenvalue weighted by Crippen LogP contribution is 2.20. The monoisotopic (exact) mass is 1770 g/mol. The molecule has 13 amide bonds. The van der Waals surface area contributed by atoms with Gasteiger partial charge in [-0.05, 0) is 97.3 Å². The maximum Gasteiger partial charge on any atom is 0.409 e. The van der Waals surface area contributed by atoms with Crippen molar-refractivity contribution in [3.63, 3.8) is 0 Å². The summed E-state index contributed by atoms with van der Waals surface area (Å²) in [5.41, 5.74) is 5.81. The zero-order valence-electron chi connectivity index (χ0n) is 77.5. The average Bonchev–Trinajstić information content (AvgIpc) is 1.72. The fourth-order valence-electron chi connectivity index (χ4n) is 12.2. The highest BCUT2D eigenvalue weighted by molar-refractivity contribution is 5.83. The number of piperidine rings is 1. The summed E-state index contributed by atoms with van der Waals surface area (Å²) in [7, 11) is 23.0. The number of rotatable bonds is 19. The normalized spacial score (nSPS) is 22.8. The van der Waals surface area contributed by atoms with E-state index in [0.29, 0.717) is 88.3 Å². The predicted molar refractivity (Wildman–Crippen MR) is 463 cm³/mol. The Kier molecular flexibility index (Phi) is 55.2. The van der Waals surface area contributed by atoms with Gasteiger partial charge in [-0.3, -0.25) is 30.1 Å². The summed E-state index contributed by atoms with van der Waals surface area (Å²) >= 11 is 0. The zero-order chi connectivity index (χ0) is 93.7. The van der Waals surface area contributed by atoms with Crippen LogP contribution < -0.4 is 16.4 Å². The maximum absolute atomic E-state index is 11.4. The summed E-state index contributed by atoms with van der Waals surface area (Å²) in [6, 6.07) is 0.0417. The molecular weight excluding hydrogens is 1620 g/mol. The lowest BCUT2D eigenvalue weighted by atomic mass is 10.1. The first-order valence-corrected chi connectivity index (χ1v) is 43.0. The number of unbranched alkanes of at least 4 members (excludes halogenated alkanes) is 3. The number of carbonyl (C=O) groups excluding carboxylic acids is 13. The molecule has 42 nitrogen and oxygen atoms in total. The number of carbonyl (C=O) groups is 13. The number of likely N-dealkylation sites (tertiary alicyclic amines) is 2. The summed E-state index contributed by atoms with van der Waals surface area (Å²) in [5, 5.41) is 27.5. The molecule has 13 heterocycles. The average molecular weight is 1770 g/mol. The number of amidine groups is 1. The maximum atomic E-state index is 11.4. The molecule has 0 aromatic carbocycles. The van der Waals surface area contributed by atoms with E-state index in [2.05, 4.69) is 34.2 Å². The van der Waals surface area contributed by atoms with Crippen LogP contribution >= 0.6 is 0 Å². The smallest absolute Gasteiger partial charge is 0.409 e. The number of amides is 13. The minimum Gasteiger partial charge on any atom is -0.448 e. The van der Waals surface area contributed by atoms with Crippen molar-refractivity contribution >= 4 is 96.0 Å². The number of urea groups is 1. The van der Waals surface area contributed by atoms with Gasteiger partial charge in [0.1, 0.15) is 61.2 Å². The van der Waals surface area contributed by atoms with Crippen LogP contribution in [0, 0.1) is 22.3 Å². The van der Waals surface area contributed by atoms with Gasteiger partial charge >= 0.3 is 60.9 Å². The van der Waals surface area contributed by atoms with E-state index in [-0.39, 0.29) is 121 Å². The van der Waals surface area contributed by atoms with Crippen LogP contribution in [0.15, 0.2) is 4.99 Å². The minimum absolute atomic E-state index is 0.0113. The fourth-order valence-corrected chi connectivity index (χ4v) is 12.2. The van der Waals surface area contributed by atoms with Crippen LogP contribution in [0.4, 0.5) is 47.9 Å². The summed E-state index contributed by atoms with van der Waals surface area (Å²) < 4.78 is 44.2. The SMILES string of the molecule is CC(=N)CC[C@@H]1CN(C)C(=O)O1.CCCCC(=O)CC[C@@H]1CN(C)C(=O)O1.CCCCC[C@@H]1CN(C)C(=O)O1.CC[C@@H]1CN(C)C(=O)O1.CC[C@@H]1CN(C)C(=O)O1.CC[C@H]1CN(C)C(=O)O1.CN1CCCC1=O.CN1CCCCC1=O.CN1CCN=C1NC#N.CN1CCNC1=O.CN1CCOC1=O.CN1C[C@H](CCC(=N)N)OC1=O.C[C@@H]1CN(C)C(=O)O1. The van der Waals surface area contributed by atoms with Crippen LogP contribution in [0.5, 0.6) is 0 Å². The number of nitrogens with two attached hydrogens (primary N) is 1. The molecule has 12 fully saturated rings. The molecule has 0 radical (unpaired) electrons. The van der Waals surface area contributed by atoms with E-state index in [1.807, 2.05) is 59.9 Å². The first-order valence-electron chi connectivity index (χ1n) is 43.0. The van der Waals surface area contributed by atoms with Gasteiger partial charge in [-0.1, -0.05) is 53.9 Å². The van der Waals surface area contributed by atoms with E-state index in [9.17, 15) is 62.3 Å². The van der Waals surface area contributed by atoms with Crippen LogP contribution in [0.1, 0.15) is 183 Å². The van der Waals surface area contributed by atoms with Gasteiger partial charge in [0, 0.05) is 162 Å². The lowest BCUT2D eigenvalue weighted by Gasteiger charge is -2.21. The molecule has 12 saturated heterocycles. The third-order valence-corrected chi connectivity index (χ3v) is 20.3. The van der Waals surface area contributed by atoms with Gasteiger partial charge in [-0.2, -0.15) is 5.26 Å². The number of cyclic esters (lactones) is 9. The lowest BCUT2D eigenvalue weighted by molar-refractivity contribution is -0.131. The number of hydrogen-bond donors (Lipinski definition) is 5. The predicted octanol–water partition coefficient (Wildman–Crippen LogP) is 8.34. The summed E-state index contributed by atoms with van der Waals surface area (Å²) in [6.07, 6.45) is 19.0. The number of nitrogens with zero attached hydrogens (tertiary/aromatic N) is 15. The molecule has 42 heteroatoms.